The number of carbonyl (C=O) groups is 2. The van der Waals surface area contributed by atoms with Crippen LogP contribution in [0.15, 0.2) is 78.9 Å². The van der Waals surface area contributed by atoms with E-state index >= 15 is 0 Å². The highest BCUT2D eigenvalue weighted by atomic mass is 32.2. The van der Waals surface area contributed by atoms with Gasteiger partial charge in [0.2, 0.25) is 11.8 Å². The van der Waals surface area contributed by atoms with Gasteiger partial charge in [0.15, 0.2) is 0 Å². The molecule has 0 unspecified atom stereocenters. The van der Waals surface area contributed by atoms with Crippen molar-refractivity contribution < 1.29 is 14.0 Å². The number of carbonyl (C=O) groups excluding carboxylic acids is 2. The molecule has 4 nitrogen and oxygen atoms in total. The van der Waals surface area contributed by atoms with Gasteiger partial charge in [0.1, 0.15) is 11.9 Å². The van der Waals surface area contributed by atoms with Gasteiger partial charge < -0.3 is 10.2 Å². The Balaban J connectivity index is 1.84. The molecule has 3 aromatic carbocycles. The van der Waals surface area contributed by atoms with Gasteiger partial charge in [0.05, 0.1) is 5.75 Å². The van der Waals surface area contributed by atoms with Gasteiger partial charge >= 0.3 is 0 Å². The molecule has 190 valence electrons. The van der Waals surface area contributed by atoms with Crippen LogP contribution in [0.25, 0.3) is 0 Å². The molecule has 2 atom stereocenters. The topological polar surface area (TPSA) is 49.4 Å². The summed E-state index contributed by atoms with van der Waals surface area (Å²) in [6, 6.07) is 23.6. The summed E-state index contributed by atoms with van der Waals surface area (Å²) in [6.07, 6.45) is 1.24. The number of benzene rings is 3. The lowest BCUT2D eigenvalue weighted by Crippen LogP contribution is -2.52. The molecule has 3 rings (SSSR count). The van der Waals surface area contributed by atoms with Crippen molar-refractivity contribution in [3.63, 3.8) is 0 Å². The zero-order valence-corrected chi connectivity index (χ0v) is 22.1. The van der Waals surface area contributed by atoms with Crippen LogP contribution in [-0.4, -0.2) is 34.6 Å². The van der Waals surface area contributed by atoms with Crippen molar-refractivity contribution in [1.29, 1.82) is 0 Å². The summed E-state index contributed by atoms with van der Waals surface area (Å²) in [6.45, 7) is 6.37. The quantitative estimate of drug-likeness (QED) is 0.332. The maximum atomic E-state index is 13.6. The van der Waals surface area contributed by atoms with Gasteiger partial charge in [-0.1, -0.05) is 79.2 Å². The molecule has 0 fully saturated rings. The molecule has 36 heavy (non-hydrogen) atoms. The number of hydrogen-bond donors (Lipinski definition) is 1. The molecule has 3 aromatic rings. The number of aryl methyl sites for hydroxylation is 1. The molecule has 0 saturated carbocycles. The molecule has 0 aliphatic rings. The van der Waals surface area contributed by atoms with E-state index in [4.69, 9.17) is 0 Å². The lowest BCUT2D eigenvalue weighted by molar-refractivity contribution is -0.139. The van der Waals surface area contributed by atoms with E-state index in [0.717, 1.165) is 28.7 Å². The summed E-state index contributed by atoms with van der Waals surface area (Å²) in [5.41, 5.74) is 4.07. The highest BCUT2D eigenvalue weighted by Gasteiger charge is 2.30. The average Bonchev–Trinajstić information content (AvgIpc) is 2.88. The summed E-state index contributed by atoms with van der Waals surface area (Å²) in [4.78, 5) is 28.8. The predicted molar refractivity (Wildman–Crippen MR) is 146 cm³/mol. The van der Waals surface area contributed by atoms with Crippen LogP contribution < -0.4 is 5.32 Å². The van der Waals surface area contributed by atoms with Gasteiger partial charge in [-0.05, 0) is 49.1 Å². The molecule has 0 bridgehead atoms. The summed E-state index contributed by atoms with van der Waals surface area (Å²) in [7, 11) is 0. The monoisotopic (exact) mass is 506 g/mol. The molecule has 0 radical (unpaired) electrons. The zero-order chi connectivity index (χ0) is 25.9. The van der Waals surface area contributed by atoms with E-state index < -0.39 is 6.04 Å². The largest absolute Gasteiger partial charge is 0.352 e. The minimum atomic E-state index is -0.637. The van der Waals surface area contributed by atoms with E-state index in [9.17, 15) is 14.0 Å². The fourth-order valence-electron chi connectivity index (χ4n) is 3.80. The smallest absolute Gasteiger partial charge is 0.243 e. The molecule has 1 N–H and O–H groups in total. The number of amides is 2. The van der Waals surface area contributed by atoms with Crippen LogP contribution in [0.4, 0.5) is 4.39 Å². The highest BCUT2D eigenvalue weighted by molar-refractivity contribution is 7.99. The van der Waals surface area contributed by atoms with Crippen LogP contribution in [0, 0.1) is 12.7 Å². The number of rotatable bonds is 12. The van der Waals surface area contributed by atoms with E-state index in [0.29, 0.717) is 18.7 Å². The first-order valence-corrected chi connectivity index (χ1v) is 13.5. The minimum absolute atomic E-state index is 0.0138. The van der Waals surface area contributed by atoms with Crippen LogP contribution in [-0.2, 0) is 28.3 Å². The molecule has 0 aliphatic heterocycles. The molecule has 0 heterocycles. The Bertz CT molecular complexity index is 1100. The molecule has 0 aliphatic carbocycles. The standard InChI is InChI=1S/C30H35FN2O2S/c1-4-23(3)32-30(35)28(18-24-8-6-5-7-9-24)33(19-25-12-10-22(2)11-13-25)29(34)21-36-20-26-14-16-27(31)17-15-26/h5-17,23,28H,4,18-21H2,1-3H3,(H,32,35)/t23-,28+/m1/s1. The highest BCUT2D eigenvalue weighted by Crippen LogP contribution is 2.19. The van der Waals surface area contributed by atoms with Crippen LogP contribution in [0.1, 0.15) is 42.5 Å². The van der Waals surface area contributed by atoms with Crippen molar-refractivity contribution in [3.05, 3.63) is 107 Å². The Morgan fingerprint density at radius 3 is 2.19 bits per heavy atom. The second kappa shape index (κ2) is 13.8. The third kappa shape index (κ3) is 8.52. The van der Waals surface area contributed by atoms with Gasteiger partial charge in [0, 0.05) is 24.8 Å². The first-order valence-electron chi connectivity index (χ1n) is 12.4. The normalized spacial score (nSPS) is 12.6. The van der Waals surface area contributed by atoms with Crippen molar-refractivity contribution in [2.45, 2.75) is 58.0 Å². The molecular formula is C30H35FN2O2S. The zero-order valence-electron chi connectivity index (χ0n) is 21.2. The SMILES string of the molecule is CC[C@@H](C)NC(=O)[C@H](Cc1ccccc1)N(Cc1ccc(C)cc1)C(=O)CSCc1ccc(F)cc1. The van der Waals surface area contributed by atoms with E-state index in [1.807, 2.05) is 75.4 Å². The summed E-state index contributed by atoms with van der Waals surface area (Å²) in [5.74, 6) is 0.304. The maximum Gasteiger partial charge on any atom is 0.243 e. The first kappa shape index (κ1) is 27.5. The molecule has 2 amide bonds. The number of nitrogens with zero attached hydrogens (tertiary/aromatic N) is 1. The third-order valence-electron chi connectivity index (χ3n) is 6.15. The van der Waals surface area contributed by atoms with E-state index in [1.54, 1.807) is 17.0 Å². The Morgan fingerprint density at radius 1 is 0.917 bits per heavy atom. The Labute approximate surface area is 218 Å². The van der Waals surface area contributed by atoms with Gasteiger partial charge in [-0.25, -0.2) is 4.39 Å². The Morgan fingerprint density at radius 2 is 1.56 bits per heavy atom. The van der Waals surface area contributed by atoms with Crippen LogP contribution in [0.5, 0.6) is 0 Å². The Hall–Kier alpha value is -3.12. The van der Waals surface area contributed by atoms with Gasteiger partial charge in [-0.3, -0.25) is 9.59 Å². The lowest BCUT2D eigenvalue weighted by atomic mass is 10.0. The number of hydrogen-bond acceptors (Lipinski definition) is 3. The van der Waals surface area contributed by atoms with E-state index in [-0.39, 0.29) is 29.4 Å². The number of nitrogens with one attached hydrogen (secondary N) is 1. The summed E-state index contributed by atoms with van der Waals surface area (Å²) >= 11 is 1.47. The molecule has 0 saturated heterocycles. The van der Waals surface area contributed by atoms with Gasteiger partial charge in [-0.2, -0.15) is 0 Å². The summed E-state index contributed by atoms with van der Waals surface area (Å²) in [5, 5.41) is 3.09. The lowest BCUT2D eigenvalue weighted by Gasteiger charge is -2.32. The van der Waals surface area contributed by atoms with E-state index in [2.05, 4.69) is 5.32 Å². The molecular weight excluding hydrogens is 471 g/mol. The van der Waals surface area contributed by atoms with Crippen LogP contribution in [0.3, 0.4) is 0 Å². The van der Waals surface area contributed by atoms with Crippen molar-refractivity contribution in [2.24, 2.45) is 0 Å². The van der Waals surface area contributed by atoms with E-state index in [1.165, 1.54) is 23.9 Å². The Kier molecular flexibility index (Phi) is 10.6. The third-order valence-corrected chi connectivity index (χ3v) is 7.14. The van der Waals surface area contributed by atoms with Crippen molar-refractivity contribution in [2.75, 3.05) is 5.75 Å². The fourth-order valence-corrected chi connectivity index (χ4v) is 4.68. The minimum Gasteiger partial charge on any atom is -0.352 e. The van der Waals surface area contributed by atoms with Crippen molar-refractivity contribution >= 4 is 23.6 Å². The molecule has 6 heteroatoms. The van der Waals surface area contributed by atoms with Crippen LogP contribution in [0.2, 0.25) is 0 Å². The maximum absolute atomic E-state index is 13.6. The summed E-state index contributed by atoms with van der Waals surface area (Å²) < 4.78 is 13.2. The van der Waals surface area contributed by atoms with Crippen molar-refractivity contribution in [3.8, 4) is 0 Å². The predicted octanol–water partition coefficient (Wildman–Crippen LogP) is 5.92. The first-order chi connectivity index (χ1) is 17.4. The van der Waals surface area contributed by atoms with Gasteiger partial charge in [-0.15, -0.1) is 11.8 Å². The molecule has 0 aromatic heterocycles. The van der Waals surface area contributed by atoms with Crippen molar-refractivity contribution in [1.82, 2.24) is 10.2 Å². The second-order valence-corrected chi connectivity index (χ2v) is 10.1. The van der Waals surface area contributed by atoms with Gasteiger partial charge in [0.25, 0.3) is 0 Å². The molecule has 0 spiro atoms. The number of halogens is 1. The average molecular weight is 507 g/mol. The van der Waals surface area contributed by atoms with Crippen LogP contribution >= 0.6 is 11.8 Å². The fraction of sp³-hybridized carbons (Fsp3) is 0.333. The second-order valence-electron chi connectivity index (χ2n) is 9.15. The number of thioether (sulfide) groups is 1.